The van der Waals surface area contributed by atoms with Crippen molar-refractivity contribution in [3.8, 4) is 17.2 Å². The van der Waals surface area contributed by atoms with Gasteiger partial charge in [0, 0.05) is 11.5 Å². The molecular formula is C17H10O6. The Kier molecular flexibility index (Phi) is 2.26. The first kappa shape index (κ1) is 12.4. The molecule has 0 saturated heterocycles. The van der Waals surface area contributed by atoms with Crippen LogP contribution in [0.15, 0.2) is 44.0 Å². The molecule has 3 heterocycles. The van der Waals surface area contributed by atoms with Gasteiger partial charge >= 0.3 is 5.78 Å². The van der Waals surface area contributed by atoms with E-state index in [1.807, 2.05) is 18.2 Å². The van der Waals surface area contributed by atoms with Gasteiger partial charge in [0.05, 0.1) is 7.11 Å². The van der Waals surface area contributed by atoms with Gasteiger partial charge in [-0.25, -0.2) is 0 Å². The Bertz CT molecular complexity index is 1150. The first-order chi connectivity index (χ1) is 11.3. The lowest BCUT2D eigenvalue weighted by Crippen LogP contribution is -2.04. The molecule has 0 fully saturated rings. The summed E-state index contributed by atoms with van der Waals surface area (Å²) in [5, 5.41) is 1.42. The molecule has 1 aliphatic heterocycles. The molecule has 4 aromatic rings. The fraction of sp³-hybridized carbons (Fsp3) is 0.118. The van der Waals surface area contributed by atoms with Crippen molar-refractivity contribution >= 4 is 33.1 Å². The number of para-hydroxylation sites is 1. The summed E-state index contributed by atoms with van der Waals surface area (Å²) in [5.41, 5.74) is 0.710. The molecule has 5 rings (SSSR count). The highest BCUT2D eigenvalue weighted by atomic mass is 16.7. The van der Waals surface area contributed by atoms with Crippen LogP contribution >= 0.6 is 0 Å². The van der Waals surface area contributed by atoms with Crippen molar-refractivity contribution in [3.63, 3.8) is 0 Å². The molecule has 2 aromatic carbocycles. The minimum Gasteiger partial charge on any atom is -0.492 e. The van der Waals surface area contributed by atoms with Gasteiger partial charge in [0.1, 0.15) is 21.9 Å². The fourth-order valence-corrected chi connectivity index (χ4v) is 3.01. The third-order valence-corrected chi connectivity index (χ3v) is 4.01. The highest BCUT2D eigenvalue weighted by molar-refractivity contribution is 6.07. The maximum Gasteiger partial charge on any atom is 0.302 e. The standard InChI is InChI=1S/C17H10O6/c1-19-16-13-10(6-11-15(16)21-7-20-11)23-17-12(14(13)18)8-4-2-3-5-9(8)22-17/h2-6H,7H2,1H3. The lowest BCUT2D eigenvalue weighted by molar-refractivity contribution is 0.171. The lowest BCUT2D eigenvalue weighted by atomic mass is 10.1. The van der Waals surface area contributed by atoms with Crippen molar-refractivity contribution in [1.29, 1.82) is 0 Å². The van der Waals surface area contributed by atoms with Gasteiger partial charge < -0.3 is 23.0 Å². The van der Waals surface area contributed by atoms with Crippen LogP contribution in [0.4, 0.5) is 0 Å². The molecule has 0 spiro atoms. The van der Waals surface area contributed by atoms with Gasteiger partial charge in [-0.05, 0) is 6.07 Å². The monoisotopic (exact) mass is 310 g/mol. The predicted molar refractivity (Wildman–Crippen MR) is 82.4 cm³/mol. The summed E-state index contributed by atoms with van der Waals surface area (Å²) in [4.78, 5) is 13.0. The van der Waals surface area contributed by atoms with E-state index >= 15 is 0 Å². The Morgan fingerprint density at radius 3 is 2.74 bits per heavy atom. The second-order valence-corrected chi connectivity index (χ2v) is 5.21. The molecular weight excluding hydrogens is 300 g/mol. The molecule has 6 nitrogen and oxygen atoms in total. The van der Waals surface area contributed by atoms with Crippen LogP contribution in [0, 0.1) is 0 Å². The van der Waals surface area contributed by atoms with E-state index < -0.39 is 0 Å². The van der Waals surface area contributed by atoms with Crippen LogP contribution in [0.1, 0.15) is 0 Å². The third kappa shape index (κ3) is 1.49. The van der Waals surface area contributed by atoms with E-state index in [0.717, 1.165) is 0 Å². The first-order valence-electron chi connectivity index (χ1n) is 7.02. The number of fused-ring (bicyclic) bond motifs is 5. The van der Waals surface area contributed by atoms with Crippen molar-refractivity contribution < 1.29 is 23.0 Å². The first-order valence-corrected chi connectivity index (χ1v) is 7.02. The Hall–Kier alpha value is -3.15. The summed E-state index contributed by atoms with van der Waals surface area (Å²) in [6.45, 7) is 0.0786. The fourth-order valence-electron chi connectivity index (χ4n) is 3.01. The van der Waals surface area contributed by atoms with Crippen LogP contribution in [-0.4, -0.2) is 13.9 Å². The van der Waals surface area contributed by atoms with Crippen LogP contribution in [0.2, 0.25) is 0 Å². The molecule has 2 aromatic heterocycles. The van der Waals surface area contributed by atoms with Crippen molar-refractivity contribution in [3.05, 3.63) is 40.6 Å². The summed E-state index contributed by atoms with van der Waals surface area (Å²) < 4.78 is 27.6. The SMILES string of the molecule is COc1c2c(cc3oc4oc5ccccc5c4c(=O)c13)OCO2. The average molecular weight is 310 g/mol. The molecule has 0 radical (unpaired) electrons. The second kappa shape index (κ2) is 4.19. The maximum atomic E-state index is 13.0. The normalized spacial score (nSPS) is 13.3. The summed E-state index contributed by atoms with van der Waals surface area (Å²) in [6, 6.07) is 8.92. The third-order valence-electron chi connectivity index (χ3n) is 4.01. The van der Waals surface area contributed by atoms with Crippen LogP contribution in [0.5, 0.6) is 17.2 Å². The molecule has 114 valence electrons. The largest absolute Gasteiger partial charge is 0.492 e. The molecule has 0 atom stereocenters. The summed E-state index contributed by atoms with van der Waals surface area (Å²) in [7, 11) is 1.48. The molecule has 0 bridgehead atoms. The average Bonchev–Trinajstić information content (AvgIpc) is 3.16. The Balaban J connectivity index is 2.05. The summed E-state index contributed by atoms with van der Waals surface area (Å²) >= 11 is 0. The minimum absolute atomic E-state index is 0.0786. The molecule has 1 aliphatic rings. The molecule has 6 heteroatoms. The number of ether oxygens (including phenoxy) is 3. The number of hydrogen-bond acceptors (Lipinski definition) is 6. The topological polar surface area (TPSA) is 71.0 Å². The van der Waals surface area contributed by atoms with Gasteiger partial charge in [0.2, 0.25) is 18.0 Å². The van der Waals surface area contributed by atoms with Crippen LogP contribution in [-0.2, 0) is 0 Å². The molecule has 23 heavy (non-hydrogen) atoms. The van der Waals surface area contributed by atoms with E-state index in [-0.39, 0.29) is 18.0 Å². The minimum atomic E-state index is -0.221. The van der Waals surface area contributed by atoms with Crippen molar-refractivity contribution in [2.24, 2.45) is 0 Å². The second-order valence-electron chi connectivity index (χ2n) is 5.21. The summed E-state index contributed by atoms with van der Waals surface area (Å²) in [6.07, 6.45) is 0. The van der Waals surface area contributed by atoms with Gasteiger partial charge in [-0.1, -0.05) is 18.2 Å². The van der Waals surface area contributed by atoms with Crippen LogP contribution in [0.3, 0.4) is 0 Å². The Morgan fingerprint density at radius 1 is 1.04 bits per heavy atom. The van der Waals surface area contributed by atoms with Gasteiger partial charge in [-0.2, -0.15) is 0 Å². The van der Waals surface area contributed by atoms with E-state index in [2.05, 4.69) is 0 Å². The quantitative estimate of drug-likeness (QED) is 0.536. The van der Waals surface area contributed by atoms with E-state index in [4.69, 9.17) is 23.0 Å². The summed E-state index contributed by atoms with van der Waals surface area (Å²) in [5.74, 6) is 1.40. The molecule has 0 N–H and O–H groups in total. The van der Waals surface area contributed by atoms with E-state index in [0.29, 0.717) is 44.6 Å². The number of furan rings is 1. The zero-order valence-electron chi connectivity index (χ0n) is 12.0. The van der Waals surface area contributed by atoms with Gasteiger partial charge in [-0.15, -0.1) is 0 Å². The van der Waals surface area contributed by atoms with E-state index in [1.54, 1.807) is 12.1 Å². The van der Waals surface area contributed by atoms with Gasteiger partial charge in [-0.3, -0.25) is 4.79 Å². The van der Waals surface area contributed by atoms with E-state index in [9.17, 15) is 4.79 Å². The smallest absolute Gasteiger partial charge is 0.302 e. The van der Waals surface area contributed by atoms with Crippen molar-refractivity contribution in [2.45, 2.75) is 0 Å². The van der Waals surface area contributed by atoms with Crippen molar-refractivity contribution in [2.75, 3.05) is 13.9 Å². The number of rotatable bonds is 1. The maximum absolute atomic E-state index is 13.0. The van der Waals surface area contributed by atoms with Crippen LogP contribution in [0.25, 0.3) is 33.1 Å². The number of benzene rings is 2. The van der Waals surface area contributed by atoms with Gasteiger partial charge in [0.15, 0.2) is 11.5 Å². The molecule has 0 unspecified atom stereocenters. The molecule has 0 saturated carbocycles. The number of methoxy groups -OCH3 is 1. The Morgan fingerprint density at radius 2 is 1.87 bits per heavy atom. The van der Waals surface area contributed by atoms with Gasteiger partial charge in [0.25, 0.3) is 0 Å². The van der Waals surface area contributed by atoms with Crippen LogP contribution < -0.4 is 19.6 Å². The lowest BCUT2D eigenvalue weighted by Gasteiger charge is -2.07. The van der Waals surface area contributed by atoms with E-state index in [1.165, 1.54) is 7.11 Å². The molecule has 0 amide bonds. The van der Waals surface area contributed by atoms with Crippen molar-refractivity contribution in [1.82, 2.24) is 0 Å². The number of hydrogen-bond donors (Lipinski definition) is 0. The highest BCUT2D eigenvalue weighted by Gasteiger charge is 2.27. The molecule has 0 aliphatic carbocycles. The zero-order chi connectivity index (χ0) is 15.6. The Labute approximate surface area is 128 Å². The zero-order valence-corrected chi connectivity index (χ0v) is 12.0. The predicted octanol–water partition coefficient (Wildman–Crippen LogP) is 3.43. The highest BCUT2D eigenvalue weighted by Crippen LogP contribution is 2.46.